The van der Waals surface area contributed by atoms with Crippen LogP contribution in [0.1, 0.15) is 53.5 Å². The van der Waals surface area contributed by atoms with Crippen molar-refractivity contribution in [1.29, 1.82) is 0 Å². The fourth-order valence-corrected chi connectivity index (χ4v) is 5.25. The predicted octanol–water partition coefficient (Wildman–Crippen LogP) is 7.70. The molecule has 1 amide bonds. The number of ether oxygens (including phenoxy) is 1. The molecule has 1 aliphatic rings. The van der Waals surface area contributed by atoms with Crippen LogP contribution >= 0.6 is 0 Å². The summed E-state index contributed by atoms with van der Waals surface area (Å²) in [7, 11) is 0. The van der Waals surface area contributed by atoms with Gasteiger partial charge in [0, 0.05) is 31.3 Å². The molecule has 2 atom stereocenters. The highest BCUT2D eigenvalue weighted by atomic mass is 19.4. The topological polar surface area (TPSA) is 29.5 Å². The molecular formula is C30H29F6NO2. The van der Waals surface area contributed by atoms with Gasteiger partial charge in [0.25, 0.3) is 0 Å². The lowest BCUT2D eigenvalue weighted by atomic mass is 9.75. The number of hydrogen-bond acceptors (Lipinski definition) is 2. The predicted molar refractivity (Wildman–Crippen MR) is 135 cm³/mol. The van der Waals surface area contributed by atoms with Gasteiger partial charge in [-0.25, -0.2) is 0 Å². The van der Waals surface area contributed by atoms with Crippen LogP contribution in [0.5, 0.6) is 0 Å². The minimum absolute atomic E-state index is 0.0222. The van der Waals surface area contributed by atoms with E-state index in [1.807, 2.05) is 60.7 Å². The van der Waals surface area contributed by atoms with Crippen LogP contribution in [0.4, 0.5) is 26.3 Å². The summed E-state index contributed by atoms with van der Waals surface area (Å²) in [5.74, 6) is -0.518. The zero-order valence-electron chi connectivity index (χ0n) is 21.3. The highest BCUT2D eigenvalue weighted by Crippen LogP contribution is 2.40. The van der Waals surface area contributed by atoms with E-state index < -0.39 is 36.2 Å². The first kappa shape index (κ1) is 28.7. The zero-order valence-corrected chi connectivity index (χ0v) is 21.3. The Morgan fingerprint density at radius 3 is 1.85 bits per heavy atom. The lowest BCUT2D eigenvalue weighted by Gasteiger charge is -2.42. The molecule has 0 aliphatic carbocycles. The monoisotopic (exact) mass is 549 g/mol. The van der Waals surface area contributed by atoms with Crippen LogP contribution < -0.4 is 0 Å². The second kappa shape index (κ2) is 11.8. The smallest absolute Gasteiger partial charge is 0.373 e. The normalized spacial score (nSPS) is 18.4. The molecule has 3 nitrogen and oxygen atoms in total. The van der Waals surface area contributed by atoms with Gasteiger partial charge in [-0.05, 0) is 41.3 Å². The van der Waals surface area contributed by atoms with Crippen LogP contribution in [0.25, 0.3) is 0 Å². The number of nitrogens with zero attached hydrogens (tertiary/aromatic N) is 1. The maximum Gasteiger partial charge on any atom is 0.416 e. The third-order valence-corrected chi connectivity index (χ3v) is 7.10. The molecule has 0 unspecified atom stereocenters. The standard InChI is InChI=1S/C30H29F6NO2/c1-2-27(38)37-14-13-26(39-19-20-15-23(29(31,32)33)17-24(16-20)30(34,35)36)25(18-37)28(21-9-5-3-6-10-21)22-11-7-4-8-12-22/h3-12,15-17,25-26,28H,2,13-14,18-19H2,1H3/t25-,26+/m1/s1. The first-order valence-corrected chi connectivity index (χ1v) is 12.7. The van der Waals surface area contributed by atoms with Crippen LogP contribution in [0.3, 0.4) is 0 Å². The largest absolute Gasteiger partial charge is 0.416 e. The van der Waals surface area contributed by atoms with E-state index in [1.165, 1.54) is 0 Å². The number of alkyl halides is 6. The maximum absolute atomic E-state index is 13.4. The van der Waals surface area contributed by atoms with E-state index >= 15 is 0 Å². The molecule has 39 heavy (non-hydrogen) atoms. The van der Waals surface area contributed by atoms with Crippen LogP contribution in [-0.4, -0.2) is 30.0 Å². The second-order valence-corrected chi connectivity index (χ2v) is 9.71. The molecule has 208 valence electrons. The second-order valence-electron chi connectivity index (χ2n) is 9.71. The number of benzene rings is 3. The fourth-order valence-electron chi connectivity index (χ4n) is 5.25. The van der Waals surface area contributed by atoms with E-state index in [1.54, 1.807) is 11.8 Å². The highest BCUT2D eigenvalue weighted by Gasteiger charge is 2.39. The van der Waals surface area contributed by atoms with E-state index in [4.69, 9.17) is 4.74 Å². The van der Waals surface area contributed by atoms with Gasteiger partial charge in [0.2, 0.25) is 5.91 Å². The van der Waals surface area contributed by atoms with Crippen LogP contribution in [-0.2, 0) is 28.5 Å². The lowest BCUT2D eigenvalue weighted by molar-refractivity contribution is -0.143. The summed E-state index contributed by atoms with van der Waals surface area (Å²) in [6, 6.07) is 20.8. The van der Waals surface area contributed by atoms with Gasteiger partial charge in [0.15, 0.2) is 0 Å². The molecule has 0 spiro atoms. The van der Waals surface area contributed by atoms with E-state index in [0.29, 0.717) is 38.1 Å². The van der Waals surface area contributed by atoms with Crippen molar-refractivity contribution in [2.24, 2.45) is 5.92 Å². The Morgan fingerprint density at radius 2 is 1.38 bits per heavy atom. The molecule has 9 heteroatoms. The Morgan fingerprint density at radius 1 is 0.872 bits per heavy atom. The average molecular weight is 550 g/mol. The summed E-state index contributed by atoms with van der Waals surface area (Å²) in [6.45, 7) is 2.09. The van der Waals surface area contributed by atoms with Gasteiger partial charge in [0.1, 0.15) is 0 Å². The minimum Gasteiger partial charge on any atom is -0.373 e. The molecule has 0 N–H and O–H groups in total. The number of carbonyl (C=O) groups excluding carboxylic acids is 1. The summed E-state index contributed by atoms with van der Waals surface area (Å²) in [5, 5.41) is 0. The average Bonchev–Trinajstić information content (AvgIpc) is 2.92. The molecule has 0 saturated carbocycles. The summed E-state index contributed by atoms with van der Waals surface area (Å²) in [6.07, 6.45) is -9.66. The summed E-state index contributed by atoms with van der Waals surface area (Å²) >= 11 is 0. The van der Waals surface area contributed by atoms with Gasteiger partial charge in [-0.1, -0.05) is 67.6 Å². The number of hydrogen-bond donors (Lipinski definition) is 0. The van der Waals surface area contributed by atoms with E-state index in [9.17, 15) is 31.1 Å². The van der Waals surface area contributed by atoms with Gasteiger partial charge in [-0.3, -0.25) is 4.79 Å². The molecule has 1 aliphatic heterocycles. The Kier molecular flexibility index (Phi) is 8.69. The van der Waals surface area contributed by atoms with Crippen LogP contribution in [0, 0.1) is 5.92 Å². The third-order valence-electron chi connectivity index (χ3n) is 7.10. The first-order chi connectivity index (χ1) is 18.5. The molecule has 4 rings (SSSR count). The number of halogens is 6. The van der Waals surface area contributed by atoms with Gasteiger partial charge in [-0.2, -0.15) is 26.3 Å². The maximum atomic E-state index is 13.4. The van der Waals surface area contributed by atoms with E-state index in [-0.39, 0.29) is 29.4 Å². The zero-order chi connectivity index (χ0) is 28.2. The van der Waals surface area contributed by atoms with Crippen molar-refractivity contribution in [1.82, 2.24) is 4.90 Å². The third kappa shape index (κ3) is 7.01. The molecule has 0 aromatic heterocycles. The molecule has 1 saturated heterocycles. The molecule has 1 fully saturated rings. The molecular weight excluding hydrogens is 520 g/mol. The van der Waals surface area contributed by atoms with Gasteiger partial charge >= 0.3 is 12.4 Å². The molecule has 3 aromatic carbocycles. The number of amides is 1. The Balaban J connectivity index is 1.69. The van der Waals surface area contributed by atoms with Crippen molar-refractivity contribution in [3.05, 3.63) is 107 Å². The van der Waals surface area contributed by atoms with Gasteiger partial charge in [-0.15, -0.1) is 0 Å². The van der Waals surface area contributed by atoms with Gasteiger partial charge in [0.05, 0.1) is 23.8 Å². The Labute approximate surface area is 223 Å². The highest BCUT2D eigenvalue weighted by molar-refractivity contribution is 5.76. The SMILES string of the molecule is CCC(=O)N1CC[C@H](OCc2cc(C(F)(F)F)cc(C(F)(F)F)c2)[C@H](C(c2ccccc2)c2ccccc2)C1. The lowest BCUT2D eigenvalue weighted by Crippen LogP contribution is -2.48. The van der Waals surface area contributed by atoms with Crippen molar-refractivity contribution in [3.63, 3.8) is 0 Å². The quantitative estimate of drug-likeness (QED) is 0.283. The van der Waals surface area contributed by atoms with Crippen LogP contribution in [0.15, 0.2) is 78.9 Å². The van der Waals surface area contributed by atoms with Crippen molar-refractivity contribution < 1.29 is 35.9 Å². The summed E-state index contributed by atoms with van der Waals surface area (Å²) in [4.78, 5) is 14.4. The van der Waals surface area contributed by atoms with Crippen molar-refractivity contribution in [3.8, 4) is 0 Å². The van der Waals surface area contributed by atoms with Crippen LogP contribution in [0.2, 0.25) is 0 Å². The molecule has 0 bridgehead atoms. The van der Waals surface area contributed by atoms with Gasteiger partial charge < -0.3 is 9.64 Å². The van der Waals surface area contributed by atoms with Crippen molar-refractivity contribution in [2.75, 3.05) is 13.1 Å². The Bertz CT molecular complexity index is 1170. The van der Waals surface area contributed by atoms with Crippen molar-refractivity contribution >= 4 is 5.91 Å². The number of piperidine rings is 1. The summed E-state index contributed by atoms with van der Waals surface area (Å²) < 4.78 is 86.4. The Hall–Kier alpha value is -3.33. The number of carbonyl (C=O) groups is 1. The van der Waals surface area contributed by atoms with E-state index in [2.05, 4.69) is 0 Å². The molecule has 0 radical (unpaired) electrons. The van der Waals surface area contributed by atoms with Crippen molar-refractivity contribution in [2.45, 2.75) is 50.7 Å². The number of likely N-dealkylation sites (tertiary alicyclic amines) is 1. The minimum atomic E-state index is -4.93. The summed E-state index contributed by atoms with van der Waals surface area (Å²) in [5.41, 5.74) is -0.999. The van der Waals surface area contributed by atoms with E-state index in [0.717, 1.165) is 11.1 Å². The fraction of sp³-hybridized carbons (Fsp3) is 0.367. The molecule has 3 aromatic rings. The number of rotatable bonds is 7. The molecule has 1 heterocycles. The first-order valence-electron chi connectivity index (χ1n) is 12.7.